The van der Waals surface area contributed by atoms with E-state index in [1.165, 1.54) is 5.56 Å². The summed E-state index contributed by atoms with van der Waals surface area (Å²) in [5.74, 6) is 0. The highest BCUT2D eigenvalue weighted by atomic mass is 32.2. The quantitative estimate of drug-likeness (QED) is 0.451. The third-order valence-corrected chi connectivity index (χ3v) is 6.15. The van der Waals surface area contributed by atoms with Crippen LogP contribution in [0.1, 0.15) is 36.4 Å². The number of aryl methyl sites for hydroxylation is 3. The fourth-order valence-corrected chi connectivity index (χ4v) is 4.45. The fraction of sp³-hybridized carbons (Fsp3) is 0.429. The Labute approximate surface area is 181 Å². The molecule has 0 bridgehead atoms. The molecule has 0 unspecified atom stereocenters. The number of rotatable bonds is 8. The van der Waals surface area contributed by atoms with Crippen LogP contribution in [0.4, 0.5) is 0 Å². The van der Waals surface area contributed by atoms with E-state index in [9.17, 15) is 13.5 Å². The molecule has 1 saturated heterocycles. The molecule has 31 heavy (non-hydrogen) atoms. The van der Waals surface area contributed by atoms with Crippen LogP contribution >= 0.6 is 0 Å². The Morgan fingerprint density at radius 1 is 1.23 bits per heavy atom. The minimum atomic E-state index is -4.36. The van der Waals surface area contributed by atoms with Crippen molar-refractivity contribution in [1.82, 2.24) is 19.3 Å². The van der Waals surface area contributed by atoms with Gasteiger partial charge in [-0.2, -0.15) is 13.1 Å². The van der Waals surface area contributed by atoms with Crippen LogP contribution in [0.15, 0.2) is 42.9 Å². The first-order valence-corrected chi connectivity index (χ1v) is 11.7. The van der Waals surface area contributed by atoms with Gasteiger partial charge in [-0.25, -0.2) is 9.97 Å². The Morgan fingerprint density at radius 2 is 2.00 bits per heavy atom. The van der Waals surface area contributed by atoms with Gasteiger partial charge in [0.25, 0.3) is 0 Å². The number of fused-ring (bicyclic) bond motifs is 1. The molecule has 0 saturated carbocycles. The van der Waals surface area contributed by atoms with Crippen LogP contribution in [0.3, 0.4) is 0 Å². The summed E-state index contributed by atoms with van der Waals surface area (Å²) in [6.45, 7) is 1.85. The minimum Gasteiger partial charge on any atom is -0.390 e. The molecule has 2 aromatic heterocycles. The van der Waals surface area contributed by atoms with Crippen molar-refractivity contribution >= 4 is 21.3 Å². The fourth-order valence-electron chi connectivity index (χ4n) is 4.07. The Hall–Kier alpha value is -2.37. The standard InChI is InChI=1S/C21H26N4O5S/c1-2-15-12-25(19-10-17(26)18(30-19)11-24-31(27,28)29)21-20(15)16(22-13-23-21)9-8-14-6-4-3-5-7-14/h3-7,12-13,17-19,24,26H,2,8-11H2,1H3,(H,27,28,29)/t17-,18+,19+/m0/s1. The van der Waals surface area contributed by atoms with Crippen molar-refractivity contribution in [1.29, 1.82) is 0 Å². The van der Waals surface area contributed by atoms with Gasteiger partial charge in [0.15, 0.2) is 0 Å². The summed E-state index contributed by atoms with van der Waals surface area (Å²) in [5.41, 5.74) is 4.03. The molecule has 9 nitrogen and oxygen atoms in total. The van der Waals surface area contributed by atoms with Crippen molar-refractivity contribution < 1.29 is 22.8 Å². The maximum absolute atomic E-state index is 10.9. The Morgan fingerprint density at radius 3 is 2.71 bits per heavy atom. The summed E-state index contributed by atoms with van der Waals surface area (Å²) in [6, 6.07) is 10.2. The highest BCUT2D eigenvalue weighted by Gasteiger charge is 2.36. The van der Waals surface area contributed by atoms with Crippen LogP contribution in [0.25, 0.3) is 11.0 Å². The number of nitrogens with zero attached hydrogens (tertiary/aromatic N) is 3. The molecule has 1 aliphatic rings. The molecule has 1 fully saturated rings. The number of aliphatic hydroxyl groups is 1. The molecule has 0 aliphatic carbocycles. The van der Waals surface area contributed by atoms with E-state index in [2.05, 4.69) is 29.0 Å². The van der Waals surface area contributed by atoms with Gasteiger partial charge in [0.05, 0.1) is 17.9 Å². The molecule has 1 aromatic carbocycles. The van der Waals surface area contributed by atoms with Crippen LogP contribution in [-0.4, -0.2) is 51.4 Å². The van der Waals surface area contributed by atoms with E-state index >= 15 is 0 Å². The first-order valence-electron chi connectivity index (χ1n) is 10.3. The molecular formula is C21H26N4O5S. The molecule has 0 radical (unpaired) electrons. The van der Waals surface area contributed by atoms with Crippen LogP contribution in [0.5, 0.6) is 0 Å². The van der Waals surface area contributed by atoms with Crippen molar-refractivity contribution in [3.05, 3.63) is 59.7 Å². The average Bonchev–Trinajstić information content (AvgIpc) is 3.31. The normalized spacial score (nSPS) is 21.7. The van der Waals surface area contributed by atoms with Crippen molar-refractivity contribution in [2.45, 2.75) is 51.0 Å². The van der Waals surface area contributed by atoms with Gasteiger partial charge < -0.3 is 14.4 Å². The monoisotopic (exact) mass is 446 g/mol. The van der Waals surface area contributed by atoms with Crippen LogP contribution in [-0.2, 0) is 34.3 Å². The van der Waals surface area contributed by atoms with Crippen LogP contribution < -0.4 is 4.72 Å². The molecule has 10 heteroatoms. The molecule has 166 valence electrons. The lowest BCUT2D eigenvalue weighted by molar-refractivity contribution is -0.0133. The predicted molar refractivity (Wildman–Crippen MR) is 115 cm³/mol. The zero-order chi connectivity index (χ0) is 22.0. The Bertz CT molecular complexity index is 1150. The van der Waals surface area contributed by atoms with Crippen molar-refractivity contribution in [2.24, 2.45) is 0 Å². The molecule has 3 atom stereocenters. The Balaban J connectivity index is 1.59. The van der Waals surface area contributed by atoms with Gasteiger partial charge in [-0.3, -0.25) is 4.55 Å². The first kappa shape index (κ1) is 21.8. The first-order chi connectivity index (χ1) is 14.9. The zero-order valence-electron chi connectivity index (χ0n) is 17.2. The van der Waals surface area contributed by atoms with Gasteiger partial charge >= 0.3 is 10.3 Å². The van der Waals surface area contributed by atoms with Crippen molar-refractivity contribution in [3.8, 4) is 0 Å². The summed E-state index contributed by atoms with van der Waals surface area (Å²) < 4.78 is 40.5. The lowest BCUT2D eigenvalue weighted by atomic mass is 10.0. The van der Waals surface area contributed by atoms with Crippen LogP contribution in [0, 0.1) is 0 Å². The van der Waals surface area contributed by atoms with E-state index in [0.717, 1.165) is 41.6 Å². The van der Waals surface area contributed by atoms with Crippen LogP contribution in [0.2, 0.25) is 0 Å². The Kier molecular flexibility index (Phi) is 6.35. The zero-order valence-corrected chi connectivity index (χ0v) is 18.0. The number of nitrogens with one attached hydrogen (secondary N) is 1. The lowest BCUT2D eigenvalue weighted by Gasteiger charge is -2.16. The third-order valence-electron chi connectivity index (χ3n) is 5.62. The number of hydrogen-bond donors (Lipinski definition) is 3. The minimum absolute atomic E-state index is 0.215. The second kappa shape index (κ2) is 9.01. The highest BCUT2D eigenvalue weighted by Crippen LogP contribution is 2.34. The van der Waals surface area contributed by atoms with E-state index in [0.29, 0.717) is 0 Å². The summed E-state index contributed by atoms with van der Waals surface area (Å²) >= 11 is 0. The second-order valence-corrected chi connectivity index (χ2v) is 8.91. The molecule has 3 N–H and O–H groups in total. The topological polar surface area (TPSA) is 127 Å². The number of aromatic nitrogens is 3. The second-order valence-electron chi connectivity index (χ2n) is 7.68. The summed E-state index contributed by atoms with van der Waals surface area (Å²) in [6.07, 6.45) is 4.09. The molecule has 3 aromatic rings. The SMILES string of the molecule is CCc1cn([C@H]2C[C@H](O)[C@@H](CNS(=O)(=O)O)O2)c2ncnc(CCc3ccccc3)c12. The van der Waals surface area contributed by atoms with E-state index in [4.69, 9.17) is 9.29 Å². The smallest absolute Gasteiger partial charge is 0.333 e. The average molecular weight is 447 g/mol. The van der Waals surface area contributed by atoms with Gasteiger partial charge in [-0.05, 0) is 30.4 Å². The van der Waals surface area contributed by atoms with E-state index in [-0.39, 0.29) is 13.0 Å². The van der Waals surface area contributed by atoms with Crippen molar-refractivity contribution in [2.75, 3.05) is 6.54 Å². The molecular weight excluding hydrogens is 420 g/mol. The van der Waals surface area contributed by atoms with Gasteiger partial charge in [0.2, 0.25) is 0 Å². The molecule has 4 rings (SSSR count). The van der Waals surface area contributed by atoms with Gasteiger partial charge in [-0.15, -0.1) is 0 Å². The van der Waals surface area contributed by atoms with E-state index in [1.54, 1.807) is 6.33 Å². The highest BCUT2D eigenvalue weighted by molar-refractivity contribution is 7.83. The lowest BCUT2D eigenvalue weighted by Crippen LogP contribution is -2.36. The van der Waals surface area contributed by atoms with E-state index < -0.39 is 28.7 Å². The molecule has 0 spiro atoms. The predicted octanol–water partition coefficient (Wildman–Crippen LogP) is 1.82. The maximum atomic E-state index is 10.9. The van der Waals surface area contributed by atoms with E-state index in [1.807, 2.05) is 33.7 Å². The molecule has 0 amide bonds. The third kappa shape index (κ3) is 4.94. The largest absolute Gasteiger partial charge is 0.390 e. The van der Waals surface area contributed by atoms with Gasteiger partial charge in [0, 0.05) is 24.5 Å². The molecule has 3 heterocycles. The summed E-state index contributed by atoms with van der Waals surface area (Å²) in [7, 11) is -4.36. The summed E-state index contributed by atoms with van der Waals surface area (Å²) in [5, 5.41) is 11.3. The number of benzene rings is 1. The molecule has 1 aliphatic heterocycles. The van der Waals surface area contributed by atoms with Gasteiger partial charge in [-0.1, -0.05) is 37.3 Å². The number of ether oxygens (including phenoxy) is 1. The number of aliphatic hydroxyl groups excluding tert-OH is 1. The van der Waals surface area contributed by atoms with Crippen molar-refractivity contribution in [3.63, 3.8) is 0 Å². The summed E-state index contributed by atoms with van der Waals surface area (Å²) in [4.78, 5) is 9.02. The number of hydrogen-bond acceptors (Lipinski definition) is 6. The maximum Gasteiger partial charge on any atom is 0.333 e. The van der Waals surface area contributed by atoms with Gasteiger partial charge in [0.1, 0.15) is 18.2 Å².